The number of rotatable bonds is 5. The number of methoxy groups -OCH3 is 1. The van der Waals surface area contributed by atoms with Crippen molar-refractivity contribution in [3.8, 4) is 5.75 Å². The molecule has 0 aromatic heterocycles. The lowest BCUT2D eigenvalue weighted by molar-refractivity contribution is -0.145. The Labute approximate surface area is 153 Å². The van der Waals surface area contributed by atoms with Crippen LogP contribution >= 0.6 is 0 Å². The second-order valence-corrected chi connectivity index (χ2v) is 6.08. The van der Waals surface area contributed by atoms with Crippen molar-refractivity contribution in [2.75, 3.05) is 18.6 Å². The van der Waals surface area contributed by atoms with Crippen LogP contribution in [0, 0.1) is 23.4 Å². The molecule has 2 aromatic rings. The van der Waals surface area contributed by atoms with Gasteiger partial charge in [0, 0.05) is 18.7 Å². The molecule has 8 heteroatoms. The van der Waals surface area contributed by atoms with Gasteiger partial charge in [-0.2, -0.15) is 0 Å². The Kier molecular flexibility index (Phi) is 5.34. The SMILES string of the molecule is COC(=O)C1CC(=O)N(c2ccc(OCc3cc(F)c(F)c(F)c3)cc2)C1. The van der Waals surface area contributed by atoms with E-state index in [1.807, 2.05) is 0 Å². The van der Waals surface area contributed by atoms with Gasteiger partial charge in [-0.15, -0.1) is 0 Å². The molecule has 1 heterocycles. The largest absolute Gasteiger partial charge is 0.489 e. The van der Waals surface area contributed by atoms with Gasteiger partial charge in [-0.3, -0.25) is 9.59 Å². The van der Waals surface area contributed by atoms with Crippen LogP contribution in [0.5, 0.6) is 5.75 Å². The van der Waals surface area contributed by atoms with Crippen LogP contribution in [-0.2, 0) is 20.9 Å². The zero-order valence-electron chi connectivity index (χ0n) is 14.4. The van der Waals surface area contributed by atoms with Crippen molar-refractivity contribution in [3.05, 3.63) is 59.4 Å². The maximum absolute atomic E-state index is 13.2. The molecule has 1 atom stereocenters. The average Bonchev–Trinajstić information content (AvgIpc) is 3.05. The number of nitrogens with zero attached hydrogens (tertiary/aromatic N) is 1. The highest BCUT2D eigenvalue weighted by Gasteiger charge is 2.35. The Morgan fingerprint density at radius 1 is 1.15 bits per heavy atom. The molecule has 5 nitrogen and oxygen atoms in total. The van der Waals surface area contributed by atoms with Crippen molar-refractivity contribution in [1.82, 2.24) is 0 Å². The summed E-state index contributed by atoms with van der Waals surface area (Å²) in [6.45, 7) is 0.0837. The lowest BCUT2D eigenvalue weighted by Crippen LogP contribution is -2.26. The topological polar surface area (TPSA) is 55.8 Å². The van der Waals surface area contributed by atoms with E-state index in [9.17, 15) is 22.8 Å². The molecule has 0 aliphatic carbocycles. The van der Waals surface area contributed by atoms with E-state index in [1.165, 1.54) is 12.0 Å². The molecule has 2 aromatic carbocycles. The molecule has 3 rings (SSSR count). The maximum Gasteiger partial charge on any atom is 0.311 e. The second kappa shape index (κ2) is 7.69. The van der Waals surface area contributed by atoms with E-state index in [1.54, 1.807) is 24.3 Å². The zero-order chi connectivity index (χ0) is 19.6. The number of carbonyl (C=O) groups is 2. The summed E-state index contributed by atoms with van der Waals surface area (Å²) in [5.41, 5.74) is 0.740. The Morgan fingerprint density at radius 2 is 1.78 bits per heavy atom. The minimum absolute atomic E-state index is 0.0899. The summed E-state index contributed by atoms with van der Waals surface area (Å²) in [6, 6.07) is 8.18. The molecule has 0 saturated carbocycles. The van der Waals surface area contributed by atoms with Gasteiger partial charge in [0.15, 0.2) is 17.5 Å². The van der Waals surface area contributed by atoms with Crippen LogP contribution in [0.4, 0.5) is 18.9 Å². The molecule has 1 unspecified atom stereocenters. The number of hydrogen-bond donors (Lipinski definition) is 0. The van der Waals surface area contributed by atoms with Gasteiger partial charge in [0.1, 0.15) is 12.4 Å². The smallest absolute Gasteiger partial charge is 0.311 e. The maximum atomic E-state index is 13.2. The predicted octanol–water partition coefficient (Wildman–Crippen LogP) is 3.21. The predicted molar refractivity (Wildman–Crippen MR) is 89.6 cm³/mol. The van der Waals surface area contributed by atoms with Gasteiger partial charge in [-0.1, -0.05) is 0 Å². The molecule has 0 spiro atoms. The Morgan fingerprint density at radius 3 is 2.37 bits per heavy atom. The van der Waals surface area contributed by atoms with E-state index in [2.05, 4.69) is 4.74 Å². The average molecular weight is 379 g/mol. The monoisotopic (exact) mass is 379 g/mol. The normalized spacial score (nSPS) is 16.5. The van der Waals surface area contributed by atoms with Crippen molar-refractivity contribution in [2.45, 2.75) is 13.0 Å². The van der Waals surface area contributed by atoms with E-state index < -0.39 is 29.3 Å². The van der Waals surface area contributed by atoms with Crippen LogP contribution < -0.4 is 9.64 Å². The number of benzene rings is 2. The fourth-order valence-corrected chi connectivity index (χ4v) is 2.86. The molecule has 1 amide bonds. The molecular formula is C19H16F3NO4. The fraction of sp³-hybridized carbons (Fsp3) is 0.263. The van der Waals surface area contributed by atoms with Crippen LogP contribution in [0.2, 0.25) is 0 Å². The number of amides is 1. The summed E-state index contributed by atoms with van der Waals surface area (Å²) in [6.07, 6.45) is 0.0899. The number of carbonyl (C=O) groups excluding carboxylic acids is 2. The quantitative estimate of drug-likeness (QED) is 0.591. The fourth-order valence-electron chi connectivity index (χ4n) is 2.86. The van der Waals surface area contributed by atoms with Crippen molar-refractivity contribution in [2.24, 2.45) is 5.92 Å². The summed E-state index contributed by atoms with van der Waals surface area (Å²) in [5, 5.41) is 0. The number of halogens is 3. The number of hydrogen-bond acceptors (Lipinski definition) is 4. The van der Waals surface area contributed by atoms with Gasteiger partial charge < -0.3 is 14.4 Å². The molecule has 1 fully saturated rings. The second-order valence-electron chi connectivity index (χ2n) is 6.08. The van der Waals surface area contributed by atoms with Crippen LogP contribution in [0.3, 0.4) is 0 Å². The molecule has 0 bridgehead atoms. The minimum Gasteiger partial charge on any atom is -0.489 e. The first-order valence-corrected chi connectivity index (χ1v) is 8.13. The third kappa shape index (κ3) is 4.05. The van der Waals surface area contributed by atoms with Crippen LogP contribution in [0.25, 0.3) is 0 Å². The molecule has 0 radical (unpaired) electrons. The standard InChI is InChI=1S/C19H16F3NO4/c1-26-19(25)12-8-17(24)23(9-12)13-2-4-14(5-3-13)27-10-11-6-15(20)18(22)16(21)7-11/h2-7,12H,8-10H2,1H3. The first-order valence-electron chi connectivity index (χ1n) is 8.13. The van der Waals surface area contributed by atoms with E-state index in [0.29, 0.717) is 11.4 Å². The molecule has 142 valence electrons. The summed E-state index contributed by atoms with van der Waals surface area (Å²) in [7, 11) is 1.28. The first-order chi connectivity index (χ1) is 12.9. The van der Waals surface area contributed by atoms with Gasteiger partial charge in [0.2, 0.25) is 5.91 Å². The van der Waals surface area contributed by atoms with Crippen molar-refractivity contribution >= 4 is 17.6 Å². The van der Waals surface area contributed by atoms with E-state index in [4.69, 9.17) is 4.74 Å². The van der Waals surface area contributed by atoms with Gasteiger partial charge in [0.25, 0.3) is 0 Å². The number of ether oxygens (including phenoxy) is 2. The third-order valence-electron chi connectivity index (χ3n) is 4.26. The highest BCUT2D eigenvalue weighted by atomic mass is 19.2. The molecular weight excluding hydrogens is 363 g/mol. The van der Waals surface area contributed by atoms with Crippen molar-refractivity contribution in [3.63, 3.8) is 0 Å². The zero-order valence-corrected chi connectivity index (χ0v) is 14.4. The van der Waals surface area contributed by atoms with Gasteiger partial charge >= 0.3 is 5.97 Å². The Balaban J connectivity index is 1.64. The third-order valence-corrected chi connectivity index (χ3v) is 4.26. The van der Waals surface area contributed by atoms with Gasteiger partial charge in [-0.05, 0) is 42.0 Å². The molecule has 0 N–H and O–H groups in total. The van der Waals surface area contributed by atoms with Crippen LogP contribution in [0.1, 0.15) is 12.0 Å². The van der Waals surface area contributed by atoms with Crippen molar-refractivity contribution < 1.29 is 32.2 Å². The molecule has 1 aliphatic heterocycles. The molecule has 1 saturated heterocycles. The van der Waals surface area contributed by atoms with E-state index in [-0.39, 0.29) is 31.0 Å². The lowest BCUT2D eigenvalue weighted by atomic mass is 10.1. The van der Waals surface area contributed by atoms with Gasteiger partial charge in [-0.25, -0.2) is 13.2 Å². The summed E-state index contributed by atoms with van der Waals surface area (Å²) >= 11 is 0. The number of anilines is 1. The summed E-state index contributed by atoms with van der Waals surface area (Å²) in [4.78, 5) is 25.1. The highest BCUT2D eigenvalue weighted by molar-refractivity contribution is 5.99. The van der Waals surface area contributed by atoms with Gasteiger partial charge in [0.05, 0.1) is 13.0 Å². The molecule has 1 aliphatic rings. The Bertz CT molecular complexity index is 847. The van der Waals surface area contributed by atoms with Crippen LogP contribution in [0.15, 0.2) is 36.4 Å². The highest BCUT2D eigenvalue weighted by Crippen LogP contribution is 2.27. The minimum atomic E-state index is -1.52. The number of esters is 1. The molecule has 27 heavy (non-hydrogen) atoms. The van der Waals surface area contributed by atoms with E-state index >= 15 is 0 Å². The first kappa shape index (κ1) is 18.8. The summed E-state index contributed by atoms with van der Waals surface area (Å²) in [5.74, 6) is -4.79. The van der Waals surface area contributed by atoms with Crippen LogP contribution in [-0.4, -0.2) is 25.5 Å². The Hall–Kier alpha value is -3.03. The van der Waals surface area contributed by atoms with Crippen molar-refractivity contribution in [1.29, 1.82) is 0 Å². The van der Waals surface area contributed by atoms with E-state index in [0.717, 1.165) is 12.1 Å². The lowest BCUT2D eigenvalue weighted by Gasteiger charge is -2.17. The summed E-state index contributed by atoms with van der Waals surface area (Å²) < 4.78 is 49.4.